The minimum atomic E-state index is 0.239. The molecule has 0 spiro atoms. The van der Waals surface area contributed by atoms with Crippen molar-refractivity contribution in [3.05, 3.63) is 223 Å². The van der Waals surface area contributed by atoms with Crippen LogP contribution < -0.4 is 15.7 Å². The second-order valence-electron chi connectivity index (χ2n) is 14.7. The van der Waals surface area contributed by atoms with Gasteiger partial charge in [0.2, 0.25) is 5.89 Å². The Kier molecular flexibility index (Phi) is 7.92. The van der Waals surface area contributed by atoms with Gasteiger partial charge in [0, 0.05) is 50.5 Å². The Morgan fingerprint density at radius 3 is 2.04 bits per heavy atom. The number of hydrogen-bond acceptors (Lipinski definition) is 3. The Labute approximate surface area is 330 Å². The summed E-state index contributed by atoms with van der Waals surface area (Å²) in [6.07, 6.45) is 9.57. The summed E-state index contributed by atoms with van der Waals surface area (Å²) in [6, 6.07) is 64.9. The molecule has 1 atom stereocenters. The van der Waals surface area contributed by atoms with Crippen molar-refractivity contribution < 1.29 is 4.42 Å². The van der Waals surface area contributed by atoms with Gasteiger partial charge in [-0.05, 0) is 83.8 Å². The molecule has 2 aliphatic rings. The maximum Gasteiger partial charge on any atom is 0.227 e. The first-order chi connectivity index (χ1) is 28.3. The first kappa shape index (κ1) is 33.0. The van der Waals surface area contributed by atoms with Crippen LogP contribution in [0.5, 0.6) is 0 Å². The summed E-state index contributed by atoms with van der Waals surface area (Å²) in [6.45, 7) is 0. The van der Waals surface area contributed by atoms with Crippen molar-refractivity contribution in [3.8, 4) is 28.3 Å². The molecule has 0 aliphatic heterocycles. The smallest absolute Gasteiger partial charge is 0.227 e. The van der Waals surface area contributed by atoms with E-state index in [9.17, 15) is 0 Å². The van der Waals surface area contributed by atoms with Crippen molar-refractivity contribution in [3.63, 3.8) is 0 Å². The van der Waals surface area contributed by atoms with Gasteiger partial charge in [-0.3, -0.25) is 0 Å². The highest BCUT2D eigenvalue weighted by Crippen LogP contribution is 2.43. The third-order valence-electron chi connectivity index (χ3n) is 11.4. The van der Waals surface area contributed by atoms with Crippen LogP contribution in [-0.4, -0.2) is 9.55 Å². The first-order valence-electron chi connectivity index (χ1n) is 19.6. The standard InChI is InChI=1S/C53H37N3O/c1-4-16-36(17-5-1)43-23-12-14-26-48(43)55(42-32-33-46-45-25-13-15-27-49(45)56(50(46)35-42)40-21-8-3-9-22-40)41-30-28-37(29-31-41)47-34-39-20-10-11-24-44(39)51-52(47)57-53(54-51)38-18-6-2-7-19-38/h1-33,35,39H,34H2. The van der Waals surface area contributed by atoms with E-state index in [4.69, 9.17) is 9.40 Å². The van der Waals surface area contributed by atoms with Crippen molar-refractivity contribution in [2.45, 2.75) is 6.42 Å². The van der Waals surface area contributed by atoms with Gasteiger partial charge in [0.05, 0.1) is 16.7 Å². The summed E-state index contributed by atoms with van der Waals surface area (Å²) in [5.74, 6) is 0.890. The molecule has 270 valence electrons. The van der Waals surface area contributed by atoms with Crippen LogP contribution in [0.1, 0.15) is 12.0 Å². The van der Waals surface area contributed by atoms with E-state index in [0.717, 1.165) is 62.1 Å². The van der Waals surface area contributed by atoms with E-state index in [1.54, 1.807) is 0 Å². The van der Waals surface area contributed by atoms with Crippen molar-refractivity contribution in [2.75, 3.05) is 4.90 Å². The molecule has 2 aliphatic carbocycles. The highest BCUT2D eigenvalue weighted by molar-refractivity contribution is 6.10. The molecule has 0 bridgehead atoms. The van der Waals surface area contributed by atoms with Crippen LogP contribution in [0.4, 0.5) is 17.1 Å². The maximum absolute atomic E-state index is 6.66. The van der Waals surface area contributed by atoms with E-state index in [0.29, 0.717) is 5.89 Å². The van der Waals surface area contributed by atoms with Gasteiger partial charge in [-0.15, -0.1) is 0 Å². The SMILES string of the molecule is C1=CC2=c3nc(-c4ccccc4)oc3=C(c3ccc(N(c4ccc5c6ccccc6n(-c6ccccc6)c5c4)c4ccccc4-c4ccccc4)cc3)CC2C=C1. The normalized spacial score (nSPS) is 14.6. The predicted octanol–water partition coefficient (Wildman–Crippen LogP) is 12.1. The van der Waals surface area contributed by atoms with Gasteiger partial charge in [0.1, 0.15) is 5.35 Å². The van der Waals surface area contributed by atoms with Crippen molar-refractivity contribution in [2.24, 2.45) is 5.92 Å². The number of aromatic nitrogens is 2. The summed E-state index contributed by atoms with van der Waals surface area (Å²) in [5, 5.41) is 3.39. The summed E-state index contributed by atoms with van der Waals surface area (Å²) < 4.78 is 9.05. The molecule has 2 aromatic heterocycles. The number of fused-ring (bicyclic) bond motifs is 5. The summed E-state index contributed by atoms with van der Waals surface area (Å²) >= 11 is 0. The third kappa shape index (κ3) is 5.65. The van der Waals surface area contributed by atoms with Crippen LogP contribution in [0, 0.1) is 5.92 Å². The second-order valence-corrected chi connectivity index (χ2v) is 14.7. The molecule has 0 N–H and O–H groups in total. The molecular weight excluding hydrogens is 695 g/mol. The van der Waals surface area contributed by atoms with Crippen LogP contribution in [0.2, 0.25) is 0 Å². The minimum Gasteiger partial charge on any atom is -0.436 e. The van der Waals surface area contributed by atoms with Gasteiger partial charge in [-0.25, -0.2) is 4.98 Å². The average molecular weight is 732 g/mol. The lowest BCUT2D eigenvalue weighted by molar-refractivity contribution is 0.532. The number of rotatable bonds is 7. The minimum absolute atomic E-state index is 0.239. The fourth-order valence-electron chi connectivity index (χ4n) is 8.73. The van der Waals surface area contributed by atoms with E-state index >= 15 is 0 Å². The van der Waals surface area contributed by atoms with Crippen molar-refractivity contribution in [1.29, 1.82) is 0 Å². The largest absolute Gasteiger partial charge is 0.436 e. The maximum atomic E-state index is 6.66. The Balaban J connectivity index is 1.11. The molecule has 4 nitrogen and oxygen atoms in total. The fraction of sp³-hybridized carbons (Fsp3) is 0.0377. The number of oxazole rings is 1. The number of para-hydroxylation sites is 3. The zero-order valence-corrected chi connectivity index (χ0v) is 31.2. The van der Waals surface area contributed by atoms with Crippen molar-refractivity contribution >= 4 is 50.0 Å². The van der Waals surface area contributed by atoms with Gasteiger partial charge >= 0.3 is 0 Å². The van der Waals surface area contributed by atoms with E-state index in [2.05, 4.69) is 198 Å². The lowest BCUT2D eigenvalue weighted by Crippen LogP contribution is -2.34. The van der Waals surface area contributed by atoms with Crippen molar-refractivity contribution in [1.82, 2.24) is 9.55 Å². The molecule has 0 saturated heterocycles. The Bertz CT molecular complexity index is 3140. The molecule has 0 amide bonds. The number of allylic oxidation sites excluding steroid dienone is 4. The van der Waals surface area contributed by atoms with Crippen LogP contribution in [-0.2, 0) is 0 Å². The molecule has 57 heavy (non-hydrogen) atoms. The van der Waals surface area contributed by atoms with Crippen LogP contribution in [0.15, 0.2) is 211 Å². The zero-order valence-electron chi connectivity index (χ0n) is 31.2. The number of anilines is 3. The van der Waals surface area contributed by atoms with Gasteiger partial charge in [-0.2, -0.15) is 0 Å². The topological polar surface area (TPSA) is 34.2 Å². The highest BCUT2D eigenvalue weighted by Gasteiger charge is 2.26. The molecule has 0 fully saturated rings. The van der Waals surface area contributed by atoms with E-state index in [1.165, 1.54) is 33.0 Å². The van der Waals surface area contributed by atoms with E-state index < -0.39 is 0 Å². The molecule has 2 heterocycles. The average Bonchev–Trinajstić information content (AvgIpc) is 3.88. The Hall–Kier alpha value is -7.43. The molecule has 4 heteroatoms. The third-order valence-corrected chi connectivity index (χ3v) is 11.4. The molecular formula is C53H37N3O. The fourth-order valence-corrected chi connectivity index (χ4v) is 8.73. The zero-order chi connectivity index (χ0) is 37.7. The summed E-state index contributed by atoms with van der Waals surface area (Å²) in [5.41, 5.74) is 14.4. The lowest BCUT2D eigenvalue weighted by atomic mass is 9.83. The van der Waals surface area contributed by atoms with Gasteiger partial charge in [0.25, 0.3) is 0 Å². The van der Waals surface area contributed by atoms with Gasteiger partial charge in [0.15, 0.2) is 5.42 Å². The lowest BCUT2D eigenvalue weighted by Gasteiger charge is -2.28. The molecule has 11 rings (SSSR count). The quantitative estimate of drug-likeness (QED) is 0.164. The molecule has 1 unspecified atom stereocenters. The van der Waals surface area contributed by atoms with E-state index in [1.807, 2.05) is 18.2 Å². The summed E-state index contributed by atoms with van der Waals surface area (Å²) in [4.78, 5) is 7.50. The number of benzene rings is 7. The molecule has 9 aromatic rings. The summed E-state index contributed by atoms with van der Waals surface area (Å²) in [7, 11) is 0. The van der Waals surface area contributed by atoms with Gasteiger partial charge < -0.3 is 13.9 Å². The second kappa shape index (κ2) is 13.7. The highest BCUT2D eigenvalue weighted by atomic mass is 16.3. The van der Waals surface area contributed by atoms with Crippen LogP contribution >= 0.6 is 0 Å². The number of nitrogens with zero attached hydrogens (tertiary/aromatic N) is 3. The van der Waals surface area contributed by atoms with Gasteiger partial charge in [-0.1, -0.05) is 146 Å². The van der Waals surface area contributed by atoms with Crippen LogP contribution in [0.25, 0.3) is 61.2 Å². The monoisotopic (exact) mass is 731 g/mol. The molecule has 0 radical (unpaired) electrons. The molecule has 0 saturated carbocycles. The van der Waals surface area contributed by atoms with Crippen LogP contribution in [0.3, 0.4) is 0 Å². The Morgan fingerprint density at radius 2 is 1.23 bits per heavy atom. The number of hydrogen-bond donors (Lipinski definition) is 0. The first-order valence-corrected chi connectivity index (χ1v) is 19.6. The Morgan fingerprint density at radius 1 is 0.561 bits per heavy atom. The predicted molar refractivity (Wildman–Crippen MR) is 234 cm³/mol. The van der Waals surface area contributed by atoms with E-state index in [-0.39, 0.29) is 5.92 Å². The molecule has 7 aromatic carbocycles.